The van der Waals surface area contributed by atoms with E-state index in [0.29, 0.717) is 6.42 Å². The molecule has 0 radical (unpaired) electrons. The number of halogens is 1. The van der Waals surface area contributed by atoms with E-state index in [1.807, 2.05) is 24.3 Å². The molecule has 0 aromatic heterocycles. The third-order valence-corrected chi connectivity index (χ3v) is 5.93. The Morgan fingerprint density at radius 2 is 1.62 bits per heavy atom. The Balaban J connectivity index is 1.16. The molecule has 1 amide bonds. The molecule has 0 spiro atoms. The summed E-state index contributed by atoms with van der Waals surface area (Å²) in [4.78, 5) is 17.2. The van der Waals surface area contributed by atoms with Gasteiger partial charge in [0.15, 0.2) is 0 Å². The lowest BCUT2D eigenvalue weighted by atomic mass is 10.1. The Labute approximate surface area is 172 Å². The van der Waals surface area contributed by atoms with E-state index in [-0.39, 0.29) is 11.7 Å². The number of anilines is 2. The minimum atomic E-state index is -0.209. The van der Waals surface area contributed by atoms with Crippen LogP contribution in [0.15, 0.2) is 48.5 Å². The van der Waals surface area contributed by atoms with E-state index in [1.54, 1.807) is 0 Å². The van der Waals surface area contributed by atoms with Gasteiger partial charge in [0.05, 0.1) is 0 Å². The largest absolute Gasteiger partial charge is 0.369 e. The normalized spacial score (nSPS) is 17.3. The second-order valence-electron chi connectivity index (χ2n) is 8.18. The lowest BCUT2D eigenvalue weighted by Crippen LogP contribution is -2.47. The van der Waals surface area contributed by atoms with Gasteiger partial charge in [0.1, 0.15) is 5.82 Å². The number of amides is 1. The minimum absolute atomic E-state index is 0.0508. The lowest BCUT2D eigenvalue weighted by Gasteiger charge is -2.36. The summed E-state index contributed by atoms with van der Waals surface area (Å²) in [6.07, 6.45) is 5.88. The molecule has 2 aliphatic rings. The van der Waals surface area contributed by atoms with Crippen LogP contribution in [0.25, 0.3) is 0 Å². The minimum Gasteiger partial charge on any atom is -0.369 e. The lowest BCUT2D eigenvalue weighted by molar-refractivity contribution is -0.116. The molecule has 0 bridgehead atoms. The van der Waals surface area contributed by atoms with Crippen molar-refractivity contribution >= 4 is 17.3 Å². The zero-order valence-electron chi connectivity index (χ0n) is 16.9. The number of hydrogen-bond acceptors (Lipinski definition) is 3. The third-order valence-electron chi connectivity index (χ3n) is 5.93. The molecule has 2 aromatic rings. The Kier molecular flexibility index (Phi) is 6.45. The molecule has 1 aliphatic heterocycles. The van der Waals surface area contributed by atoms with Gasteiger partial charge in [-0.3, -0.25) is 9.69 Å². The summed E-state index contributed by atoms with van der Waals surface area (Å²) >= 11 is 0. The summed E-state index contributed by atoms with van der Waals surface area (Å²) in [5.41, 5.74) is 3.20. The molecule has 1 N–H and O–H groups in total. The predicted octanol–water partition coefficient (Wildman–Crippen LogP) is 4.46. The van der Waals surface area contributed by atoms with Crippen molar-refractivity contribution in [3.63, 3.8) is 0 Å². The van der Waals surface area contributed by atoms with E-state index in [4.69, 9.17) is 0 Å². The van der Waals surface area contributed by atoms with Crippen LogP contribution in [0, 0.1) is 5.82 Å². The molecule has 29 heavy (non-hydrogen) atoms. The van der Waals surface area contributed by atoms with Crippen molar-refractivity contribution in [1.29, 1.82) is 0 Å². The monoisotopic (exact) mass is 395 g/mol. The standard InChI is InChI=1S/C24H30FN3O/c25-20-7-5-19(6-8-20)3-1-2-4-24(29)26-21-9-11-22(12-10-21)27-15-17-28(18-16-27)23-13-14-23/h5-12,23H,1-4,13-18H2,(H,26,29). The van der Waals surface area contributed by atoms with Crippen molar-refractivity contribution in [2.75, 3.05) is 36.4 Å². The number of benzene rings is 2. The molecule has 1 saturated heterocycles. The maximum Gasteiger partial charge on any atom is 0.224 e. The molecule has 2 aromatic carbocycles. The fourth-order valence-electron chi connectivity index (χ4n) is 4.03. The number of piperazine rings is 1. The topological polar surface area (TPSA) is 35.6 Å². The van der Waals surface area contributed by atoms with E-state index in [0.717, 1.165) is 62.7 Å². The van der Waals surface area contributed by atoms with Gasteiger partial charge in [0.25, 0.3) is 0 Å². The summed E-state index contributed by atoms with van der Waals surface area (Å²) in [6, 6.07) is 15.7. The molecule has 2 fully saturated rings. The molecule has 1 heterocycles. The number of aryl methyl sites for hydroxylation is 1. The molecule has 4 nitrogen and oxygen atoms in total. The number of nitrogens with zero attached hydrogens (tertiary/aromatic N) is 2. The molecule has 0 unspecified atom stereocenters. The van der Waals surface area contributed by atoms with Gasteiger partial charge in [-0.1, -0.05) is 12.1 Å². The van der Waals surface area contributed by atoms with Crippen LogP contribution >= 0.6 is 0 Å². The van der Waals surface area contributed by atoms with Crippen LogP contribution in [0.4, 0.5) is 15.8 Å². The summed E-state index contributed by atoms with van der Waals surface area (Å²) in [5.74, 6) is -0.158. The smallest absolute Gasteiger partial charge is 0.224 e. The number of carbonyl (C=O) groups is 1. The van der Waals surface area contributed by atoms with E-state index >= 15 is 0 Å². The van der Waals surface area contributed by atoms with Crippen LogP contribution in [0.3, 0.4) is 0 Å². The van der Waals surface area contributed by atoms with Crippen molar-refractivity contribution < 1.29 is 9.18 Å². The highest BCUT2D eigenvalue weighted by Gasteiger charge is 2.31. The third kappa shape index (κ3) is 5.80. The maximum absolute atomic E-state index is 12.9. The summed E-state index contributed by atoms with van der Waals surface area (Å²) in [7, 11) is 0. The van der Waals surface area contributed by atoms with Gasteiger partial charge in [0, 0.05) is 50.0 Å². The average Bonchev–Trinajstić information content (AvgIpc) is 3.59. The molecule has 4 rings (SSSR count). The Morgan fingerprint density at radius 3 is 2.28 bits per heavy atom. The molecule has 5 heteroatoms. The van der Waals surface area contributed by atoms with Crippen molar-refractivity contribution in [3.05, 3.63) is 59.9 Å². The molecule has 154 valence electrons. The van der Waals surface area contributed by atoms with E-state index in [9.17, 15) is 9.18 Å². The number of hydrogen-bond donors (Lipinski definition) is 1. The van der Waals surface area contributed by atoms with Crippen LogP contribution in [-0.2, 0) is 11.2 Å². The zero-order chi connectivity index (χ0) is 20.1. The van der Waals surface area contributed by atoms with Gasteiger partial charge in [-0.15, -0.1) is 0 Å². The van der Waals surface area contributed by atoms with Gasteiger partial charge >= 0.3 is 0 Å². The molecule has 1 aliphatic carbocycles. The van der Waals surface area contributed by atoms with Crippen molar-refractivity contribution in [2.45, 2.75) is 44.6 Å². The summed E-state index contributed by atoms with van der Waals surface area (Å²) in [5, 5.41) is 2.99. The average molecular weight is 396 g/mol. The van der Waals surface area contributed by atoms with Crippen LogP contribution in [0.5, 0.6) is 0 Å². The highest BCUT2D eigenvalue weighted by atomic mass is 19.1. The van der Waals surface area contributed by atoms with Gasteiger partial charge < -0.3 is 10.2 Å². The van der Waals surface area contributed by atoms with Crippen molar-refractivity contribution in [1.82, 2.24) is 4.90 Å². The van der Waals surface area contributed by atoms with Gasteiger partial charge in [-0.2, -0.15) is 0 Å². The van der Waals surface area contributed by atoms with Crippen LogP contribution in [0.2, 0.25) is 0 Å². The first-order valence-corrected chi connectivity index (χ1v) is 10.8. The number of carbonyl (C=O) groups excluding carboxylic acids is 1. The number of unbranched alkanes of at least 4 members (excludes halogenated alkanes) is 1. The van der Waals surface area contributed by atoms with Crippen molar-refractivity contribution in [2.24, 2.45) is 0 Å². The number of rotatable bonds is 8. The molecular formula is C24H30FN3O. The Bertz CT molecular complexity index is 794. The quantitative estimate of drug-likeness (QED) is 0.670. The van der Waals surface area contributed by atoms with Gasteiger partial charge in [-0.25, -0.2) is 4.39 Å². The second-order valence-corrected chi connectivity index (χ2v) is 8.18. The molecule has 1 saturated carbocycles. The van der Waals surface area contributed by atoms with Crippen molar-refractivity contribution in [3.8, 4) is 0 Å². The summed E-state index contributed by atoms with van der Waals surface area (Å²) in [6.45, 7) is 4.47. The van der Waals surface area contributed by atoms with Gasteiger partial charge in [0.2, 0.25) is 5.91 Å². The zero-order valence-corrected chi connectivity index (χ0v) is 16.9. The molecular weight excluding hydrogens is 365 g/mol. The summed E-state index contributed by atoms with van der Waals surface area (Å²) < 4.78 is 12.9. The molecule has 0 atom stereocenters. The fraction of sp³-hybridized carbons (Fsp3) is 0.458. The highest BCUT2D eigenvalue weighted by molar-refractivity contribution is 5.90. The van der Waals surface area contributed by atoms with Crippen LogP contribution in [0.1, 0.15) is 37.7 Å². The van der Waals surface area contributed by atoms with Crippen LogP contribution < -0.4 is 10.2 Å². The van der Waals surface area contributed by atoms with E-state index in [1.165, 1.54) is 30.7 Å². The maximum atomic E-state index is 12.9. The SMILES string of the molecule is O=C(CCCCc1ccc(F)cc1)Nc1ccc(N2CCN(C3CC3)CC2)cc1. The van der Waals surface area contributed by atoms with E-state index in [2.05, 4.69) is 27.2 Å². The van der Waals surface area contributed by atoms with E-state index < -0.39 is 0 Å². The first-order chi connectivity index (χ1) is 14.2. The highest BCUT2D eigenvalue weighted by Crippen LogP contribution is 2.28. The number of nitrogens with one attached hydrogen (secondary N) is 1. The van der Waals surface area contributed by atoms with Crippen LogP contribution in [-0.4, -0.2) is 43.0 Å². The predicted molar refractivity (Wildman–Crippen MR) is 116 cm³/mol. The Hall–Kier alpha value is -2.40. The second kappa shape index (κ2) is 9.40. The van der Waals surface area contributed by atoms with Gasteiger partial charge in [-0.05, 0) is 74.1 Å². The Morgan fingerprint density at radius 1 is 0.931 bits per heavy atom. The fourth-order valence-corrected chi connectivity index (χ4v) is 4.03. The first-order valence-electron chi connectivity index (χ1n) is 10.8. The first kappa shape index (κ1) is 19.9.